The summed E-state index contributed by atoms with van der Waals surface area (Å²) < 4.78 is 27.9. The standard InChI is InChI=1S/C22H21BrFN5O3/c1-4-31-18-10-15(9-16(23)21(18)32-11-14-7-5-6-8-17(14)24)20-19(13(3)30)12(2)25-22-26-27-28-29(20)22/h5-10,20H,4,11H2,1-3H3,(H,25,26,28). The number of carbonyl (C=O) groups excluding carboxylic acids is 1. The molecule has 1 unspecified atom stereocenters. The summed E-state index contributed by atoms with van der Waals surface area (Å²) in [4.78, 5) is 12.5. The van der Waals surface area contributed by atoms with Crippen LogP contribution in [0.15, 0.2) is 52.1 Å². The van der Waals surface area contributed by atoms with Crippen LogP contribution in [0.5, 0.6) is 11.5 Å². The highest BCUT2D eigenvalue weighted by Crippen LogP contribution is 2.43. The third kappa shape index (κ3) is 4.10. The predicted molar refractivity (Wildman–Crippen MR) is 119 cm³/mol. The summed E-state index contributed by atoms with van der Waals surface area (Å²) >= 11 is 3.55. The molecule has 4 rings (SSSR count). The lowest BCUT2D eigenvalue weighted by atomic mass is 9.93. The quantitative estimate of drug-likeness (QED) is 0.511. The lowest BCUT2D eigenvalue weighted by Crippen LogP contribution is -2.28. The number of aromatic nitrogens is 4. The van der Waals surface area contributed by atoms with Gasteiger partial charge in [0.05, 0.1) is 11.1 Å². The van der Waals surface area contributed by atoms with Crippen molar-refractivity contribution in [1.82, 2.24) is 20.2 Å². The summed E-state index contributed by atoms with van der Waals surface area (Å²) in [6.45, 7) is 5.60. The van der Waals surface area contributed by atoms with Gasteiger partial charge in [0.25, 0.3) is 0 Å². The fourth-order valence-corrected chi connectivity index (χ4v) is 4.27. The van der Waals surface area contributed by atoms with Crippen molar-refractivity contribution in [2.24, 2.45) is 0 Å². The largest absolute Gasteiger partial charge is 0.490 e. The van der Waals surface area contributed by atoms with Gasteiger partial charge in [-0.25, -0.2) is 4.39 Å². The van der Waals surface area contributed by atoms with Crippen LogP contribution < -0.4 is 14.8 Å². The van der Waals surface area contributed by atoms with E-state index in [4.69, 9.17) is 9.47 Å². The zero-order valence-corrected chi connectivity index (χ0v) is 19.3. The van der Waals surface area contributed by atoms with Crippen LogP contribution in [-0.4, -0.2) is 32.6 Å². The molecular formula is C22H21BrFN5O3. The molecule has 0 radical (unpaired) electrons. The van der Waals surface area contributed by atoms with E-state index in [1.54, 1.807) is 28.9 Å². The van der Waals surface area contributed by atoms with Crippen LogP contribution in [0.2, 0.25) is 0 Å². The second-order valence-corrected chi connectivity index (χ2v) is 8.07. The molecule has 2 aromatic carbocycles. The van der Waals surface area contributed by atoms with Gasteiger partial charge in [0.2, 0.25) is 5.95 Å². The van der Waals surface area contributed by atoms with E-state index in [2.05, 4.69) is 36.8 Å². The van der Waals surface area contributed by atoms with E-state index in [9.17, 15) is 9.18 Å². The Morgan fingerprint density at radius 2 is 2.06 bits per heavy atom. The highest BCUT2D eigenvalue weighted by Gasteiger charge is 2.33. The van der Waals surface area contributed by atoms with Gasteiger partial charge in [0.15, 0.2) is 17.3 Å². The summed E-state index contributed by atoms with van der Waals surface area (Å²) in [5.74, 6) is 0.893. The number of hydrogen-bond donors (Lipinski definition) is 1. The number of anilines is 1. The first-order chi connectivity index (χ1) is 15.4. The summed E-state index contributed by atoms with van der Waals surface area (Å²) in [6.07, 6.45) is 0. The van der Waals surface area contributed by atoms with Gasteiger partial charge >= 0.3 is 0 Å². The Morgan fingerprint density at radius 1 is 1.28 bits per heavy atom. The number of carbonyl (C=O) groups is 1. The third-order valence-electron chi connectivity index (χ3n) is 5.07. The Labute approximate surface area is 192 Å². The molecule has 1 aliphatic heterocycles. The summed E-state index contributed by atoms with van der Waals surface area (Å²) in [6, 6.07) is 9.51. The van der Waals surface area contributed by atoms with Gasteiger partial charge < -0.3 is 14.8 Å². The SMILES string of the molecule is CCOc1cc(C2C(C(C)=O)=C(C)Nc3nnnn32)cc(Br)c1OCc1ccccc1F. The Morgan fingerprint density at radius 3 is 2.78 bits per heavy atom. The number of benzene rings is 2. The number of hydrogen-bond acceptors (Lipinski definition) is 7. The zero-order valence-electron chi connectivity index (χ0n) is 17.7. The third-order valence-corrected chi connectivity index (χ3v) is 5.66. The molecule has 0 aliphatic carbocycles. The molecule has 0 fully saturated rings. The number of allylic oxidation sites excluding steroid dienone is 2. The molecule has 2 heterocycles. The number of tetrazole rings is 1. The second kappa shape index (κ2) is 9.07. The van der Waals surface area contributed by atoms with Crippen LogP contribution in [0.3, 0.4) is 0 Å². The van der Waals surface area contributed by atoms with E-state index in [0.717, 1.165) is 5.56 Å². The average molecular weight is 502 g/mol. The number of nitrogens with one attached hydrogen (secondary N) is 1. The molecule has 166 valence electrons. The van der Waals surface area contributed by atoms with Crippen molar-refractivity contribution in [3.63, 3.8) is 0 Å². The van der Waals surface area contributed by atoms with Gasteiger partial charge in [0.1, 0.15) is 18.5 Å². The molecular weight excluding hydrogens is 481 g/mol. The van der Waals surface area contributed by atoms with Crippen molar-refractivity contribution in [3.8, 4) is 11.5 Å². The van der Waals surface area contributed by atoms with Crippen molar-refractivity contribution in [1.29, 1.82) is 0 Å². The Bertz CT molecular complexity index is 1210. The molecule has 0 saturated heterocycles. The normalized spacial score (nSPS) is 15.2. The van der Waals surface area contributed by atoms with Crippen molar-refractivity contribution in [2.75, 3.05) is 11.9 Å². The number of fused-ring (bicyclic) bond motifs is 1. The van der Waals surface area contributed by atoms with Crippen LogP contribution >= 0.6 is 15.9 Å². The maximum atomic E-state index is 14.0. The van der Waals surface area contributed by atoms with Crippen LogP contribution in [0.25, 0.3) is 0 Å². The molecule has 10 heteroatoms. The number of ether oxygens (including phenoxy) is 2. The van der Waals surface area contributed by atoms with Crippen LogP contribution in [0.4, 0.5) is 10.3 Å². The topological polar surface area (TPSA) is 91.2 Å². The minimum atomic E-state index is -0.546. The van der Waals surface area contributed by atoms with Gasteiger partial charge in [-0.05, 0) is 70.9 Å². The molecule has 3 aromatic rings. The smallest absolute Gasteiger partial charge is 0.248 e. The molecule has 0 spiro atoms. The maximum Gasteiger partial charge on any atom is 0.248 e. The first-order valence-electron chi connectivity index (χ1n) is 9.99. The van der Waals surface area contributed by atoms with Crippen LogP contribution in [0.1, 0.15) is 37.9 Å². The van der Waals surface area contributed by atoms with E-state index in [0.29, 0.717) is 45.4 Å². The zero-order chi connectivity index (χ0) is 22.8. The van der Waals surface area contributed by atoms with Crippen LogP contribution in [0, 0.1) is 5.82 Å². The predicted octanol–water partition coefficient (Wildman–Crippen LogP) is 4.43. The second-order valence-electron chi connectivity index (χ2n) is 7.21. The van der Waals surface area contributed by atoms with E-state index in [1.165, 1.54) is 13.0 Å². The summed E-state index contributed by atoms with van der Waals surface area (Å²) in [7, 11) is 0. The fraction of sp³-hybridized carbons (Fsp3) is 0.273. The van der Waals surface area contributed by atoms with E-state index in [1.807, 2.05) is 19.9 Å². The molecule has 1 N–H and O–H groups in total. The van der Waals surface area contributed by atoms with Gasteiger partial charge in [-0.3, -0.25) is 4.79 Å². The number of Topliss-reactive ketones (excluding diaryl/α,β-unsaturated/α-hetero) is 1. The molecule has 32 heavy (non-hydrogen) atoms. The van der Waals surface area contributed by atoms with Gasteiger partial charge in [-0.15, -0.1) is 0 Å². The molecule has 1 atom stereocenters. The summed E-state index contributed by atoms with van der Waals surface area (Å²) in [5, 5.41) is 14.9. The monoisotopic (exact) mass is 501 g/mol. The van der Waals surface area contributed by atoms with Crippen molar-refractivity contribution < 1.29 is 18.7 Å². The van der Waals surface area contributed by atoms with E-state index < -0.39 is 6.04 Å². The van der Waals surface area contributed by atoms with Crippen molar-refractivity contribution in [3.05, 3.63) is 69.1 Å². The molecule has 1 aliphatic rings. The van der Waals surface area contributed by atoms with Crippen molar-refractivity contribution in [2.45, 2.75) is 33.4 Å². The molecule has 1 aromatic heterocycles. The highest BCUT2D eigenvalue weighted by molar-refractivity contribution is 9.10. The Kier molecular flexibility index (Phi) is 6.22. The Balaban J connectivity index is 1.76. The maximum absolute atomic E-state index is 14.0. The lowest BCUT2D eigenvalue weighted by molar-refractivity contribution is -0.114. The van der Waals surface area contributed by atoms with Crippen LogP contribution in [-0.2, 0) is 11.4 Å². The Hall–Kier alpha value is -3.27. The van der Waals surface area contributed by atoms with Gasteiger partial charge in [-0.1, -0.05) is 23.3 Å². The molecule has 0 amide bonds. The first-order valence-corrected chi connectivity index (χ1v) is 10.8. The number of halogens is 2. The minimum Gasteiger partial charge on any atom is -0.490 e. The number of ketones is 1. The van der Waals surface area contributed by atoms with Crippen molar-refractivity contribution >= 4 is 27.7 Å². The fourth-order valence-electron chi connectivity index (χ4n) is 3.69. The highest BCUT2D eigenvalue weighted by atomic mass is 79.9. The lowest BCUT2D eigenvalue weighted by Gasteiger charge is -2.28. The van der Waals surface area contributed by atoms with E-state index >= 15 is 0 Å². The number of nitrogens with zero attached hydrogens (tertiary/aromatic N) is 4. The minimum absolute atomic E-state index is 0.0346. The van der Waals surface area contributed by atoms with Gasteiger partial charge in [0, 0.05) is 16.8 Å². The van der Waals surface area contributed by atoms with Gasteiger partial charge in [-0.2, -0.15) is 4.68 Å². The first kappa shape index (κ1) is 21.9. The number of rotatable bonds is 7. The summed E-state index contributed by atoms with van der Waals surface area (Å²) in [5.41, 5.74) is 2.39. The average Bonchev–Trinajstić information content (AvgIpc) is 3.21. The molecule has 0 saturated carbocycles. The molecule has 8 nitrogen and oxygen atoms in total. The molecule has 0 bridgehead atoms. The van der Waals surface area contributed by atoms with E-state index in [-0.39, 0.29) is 18.2 Å².